The maximum absolute atomic E-state index is 13.1. The summed E-state index contributed by atoms with van der Waals surface area (Å²) in [4.78, 5) is 19.1. The van der Waals surface area contributed by atoms with Crippen LogP contribution in [0.5, 0.6) is 5.88 Å². The number of pyridine rings is 1. The number of carbonyl (C=O) groups excluding carboxylic acids is 1. The number of benzene rings is 1. The SMILES string of the molecule is COc1cc(-c2ccc3c(c2NC(=O)NS(=O)(=O)c2cc(CN(C)C)n(C(C)C)n2)CCC3)ccn1. The minimum Gasteiger partial charge on any atom is -0.481 e. The quantitative estimate of drug-likeness (QED) is 0.473. The molecule has 2 amide bonds. The zero-order chi connectivity index (χ0) is 26.0. The first-order valence-electron chi connectivity index (χ1n) is 11.8. The summed E-state index contributed by atoms with van der Waals surface area (Å²) in [7, 11) is 1.13. The van der Waals surface area contributed by atoms with Crippen LogP contribution in [-0.4, -0.2) is 55.3 Å². The Labute approximate surface area is 211 Å². The molecule has 3 aromatic rings. The van der Waals surface area contributed by atoms with Gasteiger partial charge in [0.1, 0.15) is 0 Å². The number of amides is 2. The molecule has 2 aromatic heterocycles. The highest BCUT2D eigenvalue weighted by atomic mass is 32.2. The van der Waals surface area contributed by atoms with Crippen molar-refractivity contribution in [3.05, 3.63) is 53.3 Å². The third-order valence-corrected chi connectivity index (χ3v) is 7.24. The molecule has 0 saturated heterocycles. The number of aromatic nitrogens is 3. The monoisotopic (exact) mass is 512 g/mol. The van der Waals surface area contributed by atoms with E-state index in [1.807, 2.05) is 45.0 Å². The van der Waals surface area contributed by atoms with Gasteiger partial charge in [-0.1, -0.05) is 12.1 Å². The van der Waals surface area contributed by atoms with Crippen molar-refractivity contribution in [1.82, 2.24) is 24.4 Å². The van der Waals surface area contributed by atoms with Crippen molar-refractivity contribution < 1.29 is 17.9 Å². The summed E-state index contributed by atoms with van der Waals surface area (Å²) in [6.07, 6.45) is 4.30. The number of anilines is 1. The number of urea groups is 1. The van der Waals surface area contributed by atoms with Gasteiger partial charge in [-0.05, 0) is 70.0 Å². The molecule has 0 spiro atoms. The normalized spacial score (nSPS) is 13.2. The Hall–Kier alpha value is -3.44. The van der Waals surface area contributed by atoms with Gasteiger partial charge >= 0.3 is 6.03 Å². The number of hydrogen-bond donors (Lipinski definition) is 2. The molecule has 36 heavy (non-hydrogen) atoms. The lowest BCUT2D eigenvalue weighted by Gasteiger charge is -2.17. The first kappa shape index (κ1) is 25.6. The van der Waals surface area contributed by atoms with Crippen molar-refractivity contribution in [3.63, 3.8) is 0 Å². The summed E-state index contributed by atoms with van der Waals surface area (Å²) in [6.45, 7) is 4.37. The van der Waals surface area contributed by atoms with Gasteiger partial charge in [-0.15, -0.1) is 0 Å². The highest BCUT2D eigenvalue weighted by Crippen LogP contribution is 2.38. The number of carbonyl (C=O) groups is 1. The van der Waals surface area contributed by atoms with Crippen molar-refractivity contribution in [2.75, 3.05) is 26.5 Å². The van der Waals surface area contributed by atoms with Crippen molar-refractivity contribution >= 4 is 21.7 Å². The number of nitrogens with one attached hydrogen (secondary N) is 2. The van der Waals surface area contributed by atoms with Crippen molar-refractivity contribution in [2.24, 2.45) is 0 Å². The van der Waals surface area contributed by atoms with Crippen LogP contribution in [-0.2, 0) is 29.4 Å². The van der Waals surface area contributed by atoms with Crippen molar-refractivity contribution in [3.8, 4) is 17.0 Å². The van der Waals surface area contributed by atoms with Gasteiger partial charge < -0.3 is 15.0 Å². The number of ether oxygens (including phenoxy) is 1. The highest BCUT2D eigenvalue weighted by molar-refractivity contribution is 7.90. The van der Waals surface area contributed by atoms with Gasteiger partial charge in [0, 0.05) is 36.5 Å². The minimum atomic E-state index is -4.20. The fourth-order valence-electron chi connectivity index (χ4n) is 4.48. The Morgan fingerprint density at radius 3 is 2.67 bits per heavy atom. The van der Waals surface area contributed by atoms with Gasteiger partial charge in [0.2, 0.25) is 5.88 Å². The van der Waals surface area contributed by atoms with Crippen molar-refractivity contribution in [1.29, 1.82) is 0 Å². The lowest BCUT2D eigenvalue weighted by Crippen LogP contribution is -2.35. The van der Waals surface area contributed by atoms with Gasteiger partial charge in [0.05, 0.1) is 18.5 Å². The van der Waals surface area contributed by atoms with Crippen LogP contribution in [0, 0.1) is 0 Å². The number of sulfonamides is 1. The first-order valence-corrected chi connectivity index (χ1v) is 13.3. The topological polar surface area (TPSA) is 118 Å². The average Bonchev–Trinajstić information content (AvgIpc) is 3.46. The molecule has 11 heteroatoms. The summed E-state index contributed by atoms with van der Waals surface area (Å²) < 4.78 is 35.2. The van der Waals surface area contributed by atoms with Crippen LogP contribution in [0.2, 0.25) is 0 Å². The van der Waals surface area contributed by atoms with E-state index in [9.17, 15) is 13.2 Å². The van der Waals surface area contributed by atoms with Crippen LogP contribution in [0.25, 0.3) is 11.1 Å². The third-order valence-electron chi connectivity index (χ3n) is 6.04. The van der Waals surface area contributed by atoms with Crippen LogP contribution >= 0.6 is 0 Å². The Morgan fingerprint density at radius 2 is 1.97 bits per heavy atom. The summed E-state index contributed by atoms with van der Waals surface area (Å²) in [5, 5.41) is 6.90. The second-order valence-electron chi connectivity index (χ2n) is 9.38. The van der Waals surface area contributed by atoms with Gasteiger partial charge in [-0.2, -0.15) is 13.5 Å². The molecule has 2 heterocycles. The highest BCUT2D eigenvalue weighted by Gasteiger charge is 2.26. The zero-order valence-electron chi connectivity index (χ0n) is 21.2. The summed E-state index contributed by atoms with van der Waals surface area (Å²) in [6, 6.07) is 8.21. The van der Waals surface area contributed by atoms with Crippen LogP contribution in [0.4, 0.5) is 10.5 Å². The fourth-order valence-corrected chi connectivity index (χ4v) is 5.37. The maximum atomic E-state index is 13.1. The standard InChI is InChI=1S/C25H32N6O4S/c1-16(2)31-19(15-30(3)4)14-23(28-31)36(33,34)29-25(32)27-24-20-8-6-7-17(20)9-10-21(24)18-11-12-26-22(13-18)35-5/h9-14,16H,6-8,15H2,1-5H3,(H2,27,29,32). The molecule has 192 valence electrons. The van der Waals surface area contributed by atoms with E-state index in [4.69, 9.17) is 4.74 Å². The van der Waals surface area contributed by atoms with Crippen LogP contribution < -0.4 is 14.8 Å². The summed E-state index contributed by atoms with van der Waals surface area (Å²) >= 11 is 0. The van der Waals surface area contributed by atoms with E-state index in [0.29, 0.717) is 18.1 Å². The molecule has 0 fully saturated rings. The Kier molecular flexibility index (Phi) is 7.32. The van der Waals surface area contributed by atoms with Crippen LogP contribution in [0.15, 0.2) is 41.6 Å². The molecule has 0 unspecified atom stereocenters. The Bertz CT molecular complexity index is 1380. The van der Waals surface area contributed by atoms with E-state index >= 15 is 0 Å². The number of methoxy groups -OCH3 is 1. The van der Waals surface area contributed by atoms with Gasteiger partial charge in [0.25, 0.3) is 10.0 Å². The number of nitrogens with zero attached hydrogens (tertiary/aromatic N) is 4. The lowest BCUT2D eigenvalue weighted by atomic mass is 9.98. The molecule has 0 radical (unpaired) electrons. The molecule has 0 aliphatic heterocycles. The minimum absolute atomic E-state index is 0.0375. The molecule has 0 atom stereocenters. The largest absolute Gasteiger partial charge is 0.481 e. The number of fused-ring (bicyclic) bond motifs is 1. The van der Waals surface area contributed by atoms with Crippen LogP contribution in [0.1, 0.15) is 43.1 Å². The smallest absolute Gasteiger partial charge is 0.333 e. The van der Waals surface area contributed by atoms with E-state index in [0.717, 1.165) is 47.2 Å². The predicted molar refractivity (Wildman–Crippen MR) is 138 cm³/mol. The summed E-state index contributed by atoms with van der Waals surface area (Å²) in [5.41, 5.74) is 5.05. The van der Waals surface area contributed by atoms with Crippen LogP contribution in [0.3, 0.4) is 0 Å². The molecule has 1 aromatic carbocycles. The Morgan fingerprint density at radius 1 is 1.19 bits per heavy atom. The Balaban J connectivity index is 1.64. The molecule has 1 aliphatic carbocycles. The lowest BCUT2D eigenvalue weighted by molar-refractivity contribution is 0.256. The predicted octanol–water partition coefficient (Wildman–Crippen LogP) is 3.60. The average molecular weight is 513 g/mol. The van der Waals surface area contributed by atoms with E-state index < -0.39 is 16.1 Å². The maximum Gasteiger partial charge on any atom is 0.333 e. The third kappa shape index (κ3) is 5.36. The zero-order valence-corrected chi connectivity index (χ0v) is 22.0. The molecule has 10 nitrogen and oxygen atoms in total. The molecule has 1 aliphatic rings. The van der Waals surface area contributed by atoms with Gasteiger partial charge in [-0.3, -0.25) is 4.68 Å². The number of rotatable bonds is 8. The molecule has 2 N–H and O–H groups in total. The first-order chi connectivity index (χ1) is 17.1. The van der Waals surface area contributed by atoms with Gasteiger partial charge in [-0.25, -0.2) is 14.5 Å². The van der Waals surface area contributed by atoms with Gasteiger partial charge in [0.15, 0.2) is 5.03 Å². The second kappa shape index (κ2) is 10.3. The van der Waals surface area contributed by atoms with E-state index in [2.05, 4.69) is 26.2 Å². The molecule has 0 saturated carbocycles. The number of aryl methyl sites for hydroxylation is 1. The summed E-state index contributed by atoms with van der Waals surface area (Å²) in [5.74, 6) is 0.445. The molecule has 4 rings (SSSR count). The van der Waals surface area contributed by atoms with E-state index in [-0.39, 0.29) is 11.1 Å². The second-order valence-corrected chi connectivity index (χ2v) is 11.0. The van der Waals surface area contributed by atoms with E-state index in [1.54, 1.807) is 16.9 Å². The molecule has 0 bridgehead atoms. The van der Waals surface area contributed by atoms with Crippen molar-refractivity contribution in [2.45, 2.75) is 50.7 Å². The van der Waals surface area contributed by atoms with E-state index in [1.165, 1.54) is 13.2 Å². The number of hydrogen-bond acceptors (Lipinski definition) is 7. The fraction of sp³-hybridized carbons (Fsp3) is 0.400. The molecular formula is C25H32N6O4S. The molecular weight excluding hydrogens is 480 g/mol.